The molecule has 0 radical (unpaired) electrons. The number of aromatic nitrogens is 3. The van der Waals surface area contributed by atoms with Gasteiger partial charge in [-0.3, -0.25) is 0 Å². The number of aromatic amines is 1. The molecule has 1 fully saturated rings. The van der Waals surface area contributed by atoms with Crippen LogP contribution in [0, 0.1) is 18.3 Å². The van der Waals surface area contributed by atoms with E-state index in [1.165, 1.54) is 24.1 Å². The maximum absolute atomic E-state index is 6.40. The highest BCUT2D eigenvalue weighted by atomic mass is 16.5. The molecule has 6 rings (SSSR count). The smallest absolute Gasteiger partial charge is 0.177 e. The monoisotopic (exact) mass is 565 g/mol. The summed E-state index contributed by atoms with van der Waals surface area (Å²) in [5.41, 5.74) is 13.4. The first-order chi connectivity index (χ1) is 20.1. The highest BCUT2D eigenvalue weighted by molar-refractivity contribution is 5.78. The third kappa shape index (κ3) is 5.78. The van der Waals surface area contributed by atoms with Gasteiger partial charge in [0.05, 0.1) is 12.1 Å². The van der Waals surface area contributed by atoms with Crippen molar-refractivity contribution >= 4 is 11.2 Å². The normalized spacial score (nSPS) is 21.0. The highest BCUT2D eigenvalue weighted by Crippen LogP contribution is 2.48. The molecule has 3 aromatic rings. The van der Waals surface area contributed by atoms with Gasteiger partial charge < -0.3 is 19.5 Å². The molecule has 3 aliphatic rings. The van der Waals surface area contributed by atoms with Crippen molar-refractivity contribution in [2.75, 3.05) is 33.8 Å². The Morgan fingerprint density at radius 1 is 1.12 bits per heavy atom. The molecule has 42 heavy (non-hydrogen) atoms. The van der Waals surface area contributed by atoms with Crippen molar-refractivity contribution in [1.82, 2.24) is 24.8 Å². The van der Waals surface area contributed by atoms with Gasteiger partial charge >= 0.3 is 0 Å². The minimum absolute atomic E-state index is 0.308. The van der Waals surface area contributed by atoms with Gasteiger partial charge in [-0.15, -0.1) is 0 Å². The SMILES string of the molecule is CCC1C=C(CN(C)C)CC(C)=C2CCC(C)(C)CC2=C1N1CCOc2ccc(-c3cnc4nc(C)[nH]c4c3)cc2C1. The second kappa shape index (κ2) is 11.4. The minimum Gasteiger partial charge on any atom is -0.491 e. The summed E-state index contributed by atoms with van der Waals surface area (Å²) in [6.07, 6.45) is 10.3. The molecule has 2 aromatic heterocycles. The number of H-pyrrole nitrogens is 1. The van der Waals surface area contributed by atoms with Crippen LogP contribution < -0.4 is 4.74 Å². The molecule has 6 nitrogen and oxygen atoms in total. The van der Waals surface area contributed by atoms with Crippen molar-refractivity contribution in [3.63, 3.8) is 0 Å². The average Bonchev–Trinajstić information content (AvgIpc) is 3.17. The van der Waals surface area contributed by atoms with Crippen LogP contribution in [0.5, 0.6) is 5.75 Å². The number of aryl methyl sites for hydroxylation is 1. The van der Waals surface area contributed by atoms with E-state index >= 15 is 0 Å². The lowest BCUT2D eigenvalue weighted by Crippen LogP contribution is -2.33. The number of hydrogen-bond acceptors (Lipinski definition) is 5. The number of nitrogens with one attached hydrogen (secondary N) is 1. The van der Waals surface area contributed by atoms with Crippen molar-refractivity contribution in [2.24, 2.45) is 11.3 Å². The zero-order valence-corrected chi connectivity index (χ0v) is 26.6. The second-order valence-electron chi connectivity index (χ2n) is 13.7. The van der Waals surface area contributed by atoms with Gasteiger partial charge in [0.2, 0.25) is 0 Å². The number of hydrogen-bond donors (Lipinski definition) is 1. The van der Waals surface area contributed by atoms with E-state index in [-0.39, 0.29) is 0 Å². The summed E-state index contributed by atoms with van der Waals surface area (Å²) in [4.78, 5) is 17.4. The molecule has 0 spiro atoms. The fourth-order valence-electron chi connectivity index (χ4n) is 7.31. The van der Waals surface area contributed by atoms with Gasteiger partial charge in [-0.1, -0.05) is 44.1 Å². The van der Waals surface area contributed by atoms with Crippen molar-refractivity contribution in [3.8, 4) is 16.9 Å². The molecular formula is C36H47N5O. The van der Waals surface area contributed by atoms with E-state index in [1.807, 2.05) is 13.1 Å². The maximum atomic E-state index is 6.40. The second-order valence-corrected chi connectivity index (χ2v) is 13.7. The van der Waals surface area contributed by atoms with Gasteiger partial charge in [-0.05, 0) is 100 Å². The summed E-state index contributed by atoms with van der Waals surface area (Å²) in [5.74, 6) is 2.28. The Kier molecular flexibility index (Phi) is 7.77. The Bertz CT molecular complexity index is 1590. The van der Waals surface area contributed by atoms with Gasteiger partial charge in [-0.25, -0.2) is 9.97 Å². The van der Waals surface area contributed by atoms with Crippen LogP contribution in [0.3, 0.4) is 0 Å². The highest BCUT2D eigenvalue weighted by Gasteiger charge is 2.35. The van der Waals surface area contributed by atoms with Gasteiger partial charge in [-0.2, -0.15) is 0 Å². The quantitative estimate of drug-likeness (QED) is 0.320. The zero-order valence-electron chi connectivity index (χ0n) is 26.6. The molecular weight excluding hydrogens is 518 g/mol. The summed E-state index contributed by atoms with van der Waals surface area (Å²) in [5, 5.41) is 0. The predicted molar refractivity (Wildman–Crippen MR) is 172 cm³/mol. The van der Waals surface area contributed by atoms with E-state index in [1.54, 1.807) is 22.3 Å². The molecule has 1 unspecified atom stereocenters. The Hall–Kier alpha value is -3.38. The molecule has 1 saturated carbocycles. The van der Waals surface area contributed by atoms with E-state index < -0.39 is 0 Å². The largest absolute Gasteiger partial charge is 0.491 e. The first-order valence-corrected chi connectivity index (χ1v) is 15.7. The lowest BCUT2D eigenvalue weighted by Gasteiger charge is -2.41. The first-order valence-electron chi connectivity index (χ1n) is 15.7. The van der Waals surface area contributed by atoms with Crippen molar-refractivity contribution < 1.29 is 4.74 Å². The molecule has 1 N–H and O–H groups in total. The van der Waals surface area contributed by atoms with E-state index in [0.717, 1.165) is 72.8 Å². The number of ether oxygens (including phenoxy) is 1. The summed E-state index contributed by atoms with van der Waals surface area (Å²) >= 11 is 0. The van der Waals surface area contributed by atoms with Crippen LogP contribution in [0.15, 0.2) is 64.5 Å². The molecule has 3 heterocycles. The molecule has 0 amide bonds. The van der Waals surface area contributed by atoms with Crippen LogP contribution in [0.2, 0.25) is 0 Å². The van der Waals surface area contributed by atoms with E-state index in [4.69, 9.17) is 4.74 Å². The molecule has 1 aromatic carbocycles. The van der Waals surface area contributed by atoms with Gasteiger partial charge in [0.1, 0.15) is 18.2 Å². The molecule has 1 aliphatic heterocycles. The van der Waals surface area contributed by atoms with E-state index in [9.17, 15) is 0 Å². The van der Waals surface area contributed by atoms with Gasteiger partial charge in [0, 0.05) is 42.0 Å². The summed E-state index contributed by atoms with van der Waals surface area (Å²) in [7, 11) is 4.38. The molecule has 2 aliphatic carbocycles. The molecule has 0 saturated heterocycles. The molecule has 1 atom stereocenters. The topological polar surface area (TPSA) is 57.3 Å². The van der Waals surface area contributed by atoms with Crippen LogP contribution in [-0.2, 0) is 6.54 Å². The number of likely N-dealkylation sites (N-methyl/N-ethyl adjacent to an activating group) is 1. The standard InChI is InChI=1S/C36H47N5O/c1-8-26-16-25(21-40(6)7)15-23(2)30-11-12-36(4,5)19-31(30)34(26)41-13-14-42-33-10-9-27(17-29(33)22-41)28-18-32-35(37-20-28)39-24(3)38-32/h9-10,16-18,20,26H,8,11-15,19,21-22H2,1-7H3,(H,37,38,39). The van der Waals surface area contributed by atoms with E-state index in [0.29, 0.717) is 17.9 Å². The van der Waals surface area contributed by atoms with Crippen molar-refractivity contribution in [2.45, 2.75) is 73.3 Å². The van der Waals surface area contributed by atoms with Crippen LogP contribution in [-0.4, -0.2) is 58.5 Å². The maximum Gasteiger partial charge on any atom is 0.177 e. The Morgan fingerprint density at radius 3 is 2.74 bits per heavy atom. The number of pyridine rings is 1. The van der Waals surface area contributed by atoms with Crippen molar-refractivity contribution in [3.05, 3.63) is 75.9 Å². The Morgan fingerprint density at radius 2 is 1.95 bits per heavy atom. The summed E-state index contributed by atoms with van der Waals surface area (Å²) in [6.45, 7) is 15.1. The fraction of sp³-hybridized carbons (Fsp3) is 0.500. The zero-order chi connectivity index (χ0) is 29.6. The van der Waals surface area contributed by atoms with Crippen LogP contribution in [0.1, 0.15) is 71.2 Å². The lowest BCUT2D eigenvalue weighted by molar-refractivity contribution is 0.241. The number of allylic oxidation sites excluding steroid dienone is 4. The lowest BCUT2D eigenvalue weighted by atomic mass is 9.69. The van der Waals surface area contributed by atoms with E-state index in [2.05, 4.69) is 96.9 Å². The number of benzene rings is 1. The molecule has 6 heteroatoms. The summed E-state index contributed by atoms with van der Waals surface area (Å²) in [6, 6.07) is 8.79. The van der Waals surface area contributed by atoms with Crippen molar-refractivity contribution in [1.29, 1.82) is 0 Å². The van der Waals surface area contributed by atoms with Crippen LogP contribution in [0.25, 0.3) is 22.3 Å². The van der Waals surface area contributed by atoms with Crippen LogP contribution >= 0.6 is 0 Å². The summed E-state index contributed by atoms with van der Waals surface area (Å²) < 4.78 is 6.40. The molecule has 222 valence electrons. The van der Waals surface area contributed by atoms with Gasteiger partial charge in [0.25, 0.3) is 0 Å². The van der Waals surface area contributed by atoms with Crippen LogP contribution in [0.4, 0.5) is 0 Å². The number of nitrogens with zero attached hydrogens (tertiary/aromatic N) is 4. The first kappa shape index (κ1) is 28.7. The average molecular weight is 566 g/mol. The minimum atomic E-state index is 0.308. The number of fused-ring (bicyclic) bond motifs is 3. The fourth-order valence-corrected chi connectivity index (χ4v) is 7.31. The number of rotatable bonds is 5. The Labute approximate surface area is 251 Å². The third-order valence-corrected chi connectivity index (χ3v) is 9.31. The molecule has 0 bridgehead atoms. The number of imidazole rings is 1. The van der Waals surface area contributed by atoms with Gasteiger partial charge in [0.15, 0.2) is 5.65 Å². The predicted octanol–water partition coefficient (Wildman–Crippen LogP) is 7.83. The Balaban J connectivity index is 1.44. The third-order valence-electron chi connectivity index (χ3n) is 9.31.